The van der Waals surface area contributed by atoms with Gasteiger partial charge in [0.15, 0.2) is 5.82 Å². The average molecular weight is 308 g/mol. The Kier molecular flexibility index (Phi) is 4.00. The normalized spacial score (nSPS) is 19.0. The summed E-state index contributed by atoms with van der Waals surface area (Å²) in [6.07, 6.45) is 6.21. The minimum absolute atomic E-state index is 0.0365. The van der Waals surface area contributed by atoms with Crippen LogP contribution in [0.4, 0.5) is 0 Å². The molecule has 1 N–H and O–H groups in total. The fourth-order valence-electron chi connectivity index (χ4n) is 2.15. The highest BCUT2D eigenvalue weighted by molar-refractivity contribution is 7.89. The maximum Gasteiger partial charge on any atom is 0.243 e. The van der Waals surface area contributed by atoms with Gasteiger partial charge in [-0.2, -0.15) is 5.10 Å². The van der Waals surface area contributed by atoms with Crippen LogP contribution in [0.3, 0.4) is 0 Å². The Morgan fingerprint density at radius 1 is 1.43 bits per heavy atom. The molecule has 0 bridgehead atoms. The molecule has 8 heteroatoms. The second-order valence-electron chi connectivity index (χ2n) is 4.80. The van der Waals surface area contributed by atoms with Crippen molar-refractivity contribution in [2.75, 3.05) is 13.2 Å². The minimum atomic E-state index is -3.58. The number of rotatable bonds is 5. The van der Waals surface area contributed by atoms with Gasteiger partial charge in [0, 0.05) is 19.3 Å². The molecule has 21 heavy (non-hydrogen) atoms. The molecule has 3 rings (SSSR count). The van der Waals surface area contributed by atoms with Crippen LogP contribution >= 0.6 is 0 Å². The molecule has 0 spiro atoms. The van der Waals surface area contributed by atoms with Gasteiger partial charge in [-0.25, -0.2) is 22.8 Å². The van der Waals surface area contributed by atoms with E-state index in [4.69, 9.17) is 4.74 Å². The monoisotopic (exact) mass is 308 g/mol. The number of sulfonamides is 1. The SMILES string of the molecule is O=S(=O)(NC[C@H]1CCCO1)c1cnn(-c2ccccn2)c1. The lowest BCUT2D eigenvalue weighted by molar-refractivity contribution is 0.114. The van der Waals surface area contributed by atoms with Crippen molar-refractivity contribution >= 4 is 10.0 Å². The smallest absolute Gasteiger partial charge is 0.243 e. The first-order valence-corrected chi connectivity index (χ1v) is 8.21. The zero-order valence-electron chi connectivity index (χ0n) is 11.3. The van der Waals surface area contributed by atoms with Gasteiger partial charge in [0.05, 0.1) is 18.5 Å². The lowest BCUT2D eigenvalue weighted by Crippen LogP contribution is -2.31. The molecule has 2 aromatic heterocycles. The van der Waals surface area contributed by atoms with Gasteiger partial charge in [0.1, 0.15) is 4.90 Å². The summed E-state index contributed by atoms with van der Waals surface area (Å²) in [5.74, 6) is 0.568. The lowest BCUT2D eigenvalue weighted by Gasteiger charge is -2.10. The Hall–Kier alpha value is -1.77. The van der Waals surface area contributed by atoms with E-state index in [9.17, 15) is 8.42 Å². The standard InChI is InChI=1S/C13H16N4O3S/c18-21(19,16-8-11-4-3-7-20-11)12-9-15-17(10-12)13-5-1-2-6-14-13/h1-2,5-6,9-11,16H,3-4,7-8H2/t11-/m1/s1. The van der Waals surface area contributed by atoms with E-state index in [1.807, 2.05) is 6.07 Å². The Morgan fingerprint density at radius 3 is 3.05 bits per heavy atom. The summed E-state index contributed by atoms with van der Waals surface area (Å²) in [6.45, 7) is 0.987. The van der Waals surface area contributed by atoms with Crippen LogP contribution in [-0.4, -0.2) is 42.4 Å². The first-order valence-electron chi connectivity index (χ1n) is 6.72. The van der Waals surface area contributed by atoms with Crippen LogP contribution in [0.2, 0.25) is 0 Å². The Labute approximate surface area is 123 Å². The van der Waals surface area contributed by atoms with E-state index >= 15 is 0 Å². The summed E-state index contributed by atoms with van der Waals surface area (Å²) in [4.78, 5) is 4.24. The molecule has 1 saturated heterocycles. The van der Waals surface area contributed by atoms with Crippen molar-refractivity contribution in [2.45, 2.75) is 23.8 Å². The van der Waals surface area contributed by atoms with Gasteiger partial charge in [0.25, 0.3) is 0 Å². The summed E-state index contributed by atoms with van der Waals surface area (Å²) < 4.78 is 33.8. The van der Waals surface area contributed by atoms with Crippen molar-refractivity contribution in [3.8, 4) is 5.82 Å². The van der Waals surface area contributed by atoms with Gasteiger partial charge < -0.3 is 4.74 Å². The summed E-state index contributed by atoms with van der Waals surface area (Å²) in [7, 11) is -3.58. The first kappa shape index (κ1) is 14.2. The highest BCUT2D eigenvalue weighted by Gasteiger charge is 2.21. The molecule has 0 aromatic carbocycles. The average Bonchev–Trinajstić information content (AvgIpc) is 3.18. The maximum absolute atomic E-state index is 12.2. The van der Waals surface area contributed by atoms with Crippen molar-refractivity contribution in [3.63, 3.8) is 0 Å². The van der Waals surface area contributed by atoms with Gasteiger partial charge in [-0.05, 0) is 25.0 Å². The van der Waals surface area contributed by atoms with Gasteiger partial charge >= 0.3 is 0 Å². The Bertz CT molecular complexity index is 693. The van der Waals surface area contributed by atoms with Crippen molar-refractivity contribution in [1.82, 2.24) is 19.5 Å². The van der Waals surface area contributed by atoms with E-state index in [1.165, 1.54) is 17.1 Å². The summed E-state index contributed by atoms with van der Waals surface area (Å²) in [6, 6.07) is 5.35. The number of nitrogens with zero attached hydrogens (tertiary/aromatic N) is 3. The second kappa shape index (κ2) is 5.92. The molecule has 1 aliphatic heterocycles. The van der Waals surface area contributed by atoms with Crippen molar-refractivity contribution in [1.29, 1.82) is 0 Å². The van der Waals surface area contributed by atoms with Crippen LogP contribution < -0.4 is 4.72 Å². The summed E-state index contributed by atoms with van der Waals surface area (Å²) in [5.41, 5.74) is 0. The van der Waals surface area contributed by atoms with E-state index in [0.717, 1.165) is 12.8 Å². The largest absolute Gasteiger partial charge is 0.377 e. The zero-order chi connectivity index (χ0) is 14.7. The molecule has 112 valence electrons. The predicted molar refractivity (Wildman–Crippen MR) is 75.5 cm³/mol. The van der Waals surface area contributed by atoms with Gasteiger partial charge in [-0.1, -0.05) is 6.07 Å². The van der Waals surface area contributed by atoms with Crippen LogP contribution in [0.15, 0.2) is 41.7 Å². The minimum Gasteiger partial charge on any atom is -0.377 e. The number of ether oxygens (including phenoxy) is 1. The van der Waals surface area contributed by atoms with Crippen LogP contribution in [0.1, 0.15) is 12.8 Å². The van der Waals surface area contributed by atoms with Crippen molar-refractivity contribution < 1.29 is 13.2 Å². The predicted octanol–water partition coefficient (Wildman–Crippen LogP) is 0.725. The first-order chi connectivity index (χ1) is 10.1. The molecule has 0 amide bonds. The number of nitrogens with one attached hydrogen (secondary N) is 1. The van der Waals surface area contributed by atoms with E-state index in [2.05, 4.69) is 14.8 Å². The molecule has 1 fully saturated rings. The number of hydrogen-bond acceptors (Lipinski definition) is 5. The molecule has 1 atom stereocenters. The Morgan fingerprint density at radius 2 is 2.33 bits per heavy atom. The van der Waals surface area contributed by atoms with E-state index < -0.39 is 10.0 Å². The fraction of sp³-hybridized carbons (Fsp3) is 0.385. The molecule has 0 unspecified atom stereocenters. The highest BCUT2D eigenvalue weighted by atomic mass is 32.2. The van der Waals surface area contributed by atoms with Crippen LogP contribution in [0, 0.1) is 0 Å². The van der Waals surface area contributed by atoms with Crippen molar-refractivity contribution in [2.24, 2.45) is 0 Å². The molecule has 1 aliphatic rings. The summed E-state index contributed by atoms with van der Waals surface area (Å²) >= 11 is 0. The molecule has 0 radical (unpaired) electrons. The fourth-order valence-corrected chi connectivity index (χ4v) is 3.15. The van der Waals surface area contributed by atoms with Gasteiger partial charge in [-0.15, -0.1) is 0 Å². The Balaban J connectivity index is 1.72. The third-order valence-corrected chi connectivity index (χ3v) is 4.66. The molecule has 0 saturated carbocycles. The highest BCUT2D eigenvalue weighted by Crippen LogP contribution is 2.13. The van der Waals surface area contributed by atoms with Crippen LogP contribution in [-0.2, 0) is 14.8 Å². The van der Waals surface area contributed by atoms with Crippen molar-refractivity contribution in [3.05, 3.63) is 36.8 Å². The maximum atomic E-state index is 12.2. The van der Waals surface area contributed by atoms with Gasteiger partial charge in [0.2, 0.25) is 10.0 Å². The number of hydrogen-bond donors (Lipinski definition) is 1. The third kappa shape index (κ3) is 3.29. The van der Waals surface area contributed by atoms with Crippen LogP contribution in [0.5, 0.6) is 0 Å². The van der Waals surface area contributed by atoms with Crippen LogP contribution in [0.25, 0.3) is 5.82 Å². The van der Waals surface area contributed by atoms with E-state index in [1.54, 1.807) is 18.3 Å². The summed E-state index contributed by atoms with van der Waals surface area (Å²) in [5, 5.41) is 4.04. The number of pyridine rings is 1. The zero-order valence-corrected chi connectivity index (χ0v) is 12.2. The van der Waals surface area contributed by atoms with Gasteiger partial charge in [-0.3, -0.25) is 0 Å². The molecule has 2 aromatic rings. The topological polar surface area (TPSA) is 86.1 Å². The second-order valence-corrected chi connectivity index (χ2v) is 6.56. The quantitative estimate of drug-likeness (QED) is 0.880. The molecule has 0 aliphatic carbocycles. The number of aromatic nitrogens is 3. The molecular formula is C13H16N4O3S. The molecule has 3 heterocycles. The lowest BCUT2D eigenvalue weighted by atomic mass is 10.2. The molecular weight excluding hydrogens is 292 g/mol. The molecule has 7 nitrogen and oxygen atoms in total. The third-order valence-electron chi connectivity index (χ3n) is 3.28. The van der Waals surface area contributed by atoms with E-state index in [-0.39, 0.29) is 17.5 Å². The van der Waals surface area contributed by atoms with E-state index in [0.29, 0.717) is 12.4 Å².